The van der Waals surface area contributed by atoms with Gasteiger partial charge in [0.15, 0.2) is 5.13 Å². The van der Waals surface area contributed by atoms with Gasteiger partial charge < -0.3 is 14.8 Å². The van der Waals surface area contributed by atoms with E-state index in [0.717, 1.165) is 11.3 Å². The van der Waals surface area contributed by atoms with Crippen LogP contribution in [-0.4, -0.2) is 31.0 Å². The molecule has 0 radical (unpaired) electrons. The average Bonchev–Trinajstić information content (AvgIpc) is 3.15. The standard InChI is InChI=1S/C21H21N3O4S/c1-13-4-6-15(7-5-13)22-19(25)10-16-12-29-21(23-16)24-20(26)14-8-17(27-2)11-18(9-14)28-3/h4-9,11-12H,10H2,1-3H3,(H,22,25)(H,23,24,26). The number of carbonyl (C=O) groups is 2. The zero-order chi connectivity index (χ0) is 20.8. The smallest absolute Gasteiger partial charge is 0.257 e. The molecule has 0 aliphatic heterocycles. The second-order valence-corrected chi connectivity index (χ2v) is 7.15. The van der Waals surface area contributed by atoms with Gasteiger partial charge in [-0.25, -0.2) is 4.98 Å². The SMILES string of the molecule is COc1cc(OC)cc(C(=O)Nc2nc(CC(=O)Nc3ccc(C)cc3)cs2)c1. The van der Waals surface area contributed by atoms with Crippen molar-refractivity contribution in [2.24, 2.45) is 0 Å². The third-order valence-corrected chi connectivity index (χ3v) is 4.87. The van der Waals surface area contributed by atoms with Crippen molar-refractivity contribution in [3.05, 3.63) is 64.7 Å². The summed E-state index contributed by atoms with van der Waals surface area (Å²) in [5.41, 5.74) is 2.82. The quantitative estimate of drug-likeness (QED) is 0.615. The Labute approximate surface area is 172 Å². The van der Waals surface area contributed by atoms with Crippen LogP contribution in [0.3, 0.4) is 0 Å². The van der Waals surface area contributed by atoms with E-state index in [1.165, 1.54) is 25.6 Å². The molecule has 150 valence electrons. The summed E-state index contributed by atoms with van der Waals surface area (Å²) in [4.78, 5) is 29.0. The van der Waals surface area contributed by atoms with Crippen LogP contribution in [0.4, 0.5) is 10.8 Å². The predicted molar refractivity (Wildman–Crippen MR) is 113 cm³/mol. The van der Waals surface area contributed by atoms with Crippen LogP contribution in [0, 0.1) is 6.92 Å². The number of amides is 2. The van der Waals surface area contributed by atoms with Crippen molar-refractivity contribution in [2.45, 2.75) is 13.3 Å². The topological polar surface area (TPSA) is 89.6 Å². The molecule has 29 heavy (non-hydrogen) atoms. The molecule has 2 N–H and O–H groups in total. The zero-order valence-corrected chi connectivity index (χ0v) is 17.1. The summed E-state index contributed by atoms with van der Waals surface area (Å²) in [6, 6.07) is 12.5. The molecule has 1 heterocycles. The minimum atomic E-state index is -0.341. The molecule has 0 saturated heterocycles. The van der Waals surface area contributed by atoms with E-state index in [0.29, 0.717) is 27.9 Å². The van der Waals surface area contributed by atoms with Gasteiger partial charge in [0.05, 0.1) is 26.3 Å². The number of rotatable bonds is 7. The summed E-state index contributed by atoms with van der Waals surface area (Å²) in [5, 5.41) is 7.72. The van der Waals surface area contributed by atoms with Crippen molar-refractivity contribution >= 4 is 34.0 Å². The fourth-order valence-corrected chi connectivity index (χ4v) is 3.27. The number of aryl methyl sites for hydroxylation is 1. The summed E-state index contributed by atoms with van der Waals surface area (Å²) in [7, 11) is 3.04. The number of hydrogen-bond acceptors (Lipinski definition) is 6. The molecule has 2 aromatic carbocycles. The van der Waals surface area contributed by atoms with E-state index in [-0.39, 0.29) is 18.2 Å². The summed E-state index contributed by atoms with van der Waals surface area (Å²) < 4.78 is 10.4. The molecule has 0 unspecified atom stereocenters. The van der Waals surface area contributed by atoms with Crippen LogP contribution in [0.25, 0.3) is 0 Å². The Bertz CT molecular complexity index is 993. The highest BCUT2D eigenvalue weighted by Gasteiger charge is 2.13. The largest absolute Gasteiger partial charge is 0.497 e. The number of nitrogens with zero attached hydrogens (tertiary/aromatic N) is 1. The van der Waals surface area contributed by atoms with Crippen molar-refractivity contribution in [3.8, 4) is 11.5 Å². The highest BCUT2D eigenvalue weighted by atomic mass is 32.1. The molecular formula is C21H21N3O4S. The number of hydrogen-bond donors (Lipinski definition) is 2. The third kappa shape index (κ3) is 5.55. The maximum atomic E-state index is 12.5. The molecule has 0 fully saturated rings. The van der Waals surface area contributed by atoms with Gasteiger partial charge in [-0.15, -0.1) is 11.3 Å². The highest BCUT2D eigenvalue weighted by molar-refractivity contribution is 7.14. The predicted octanol–water partition coefficient (Wildman–Crippen LogP) is 3.90. The normalized spacial score (nSPS) is 10.3. The van der Waals surface area contributed by atoms with Crippen molar-refractivity contribution in [1.82, 2.24) is 4.98 Å². The lowest BCUT2D eigenvalue weighted by Gasteiger charge is -2.08. The first-order chi connectivity index (χ1) is 14.0. The van der Waals surface area contributed by atoms with Crippen LogP contribution >= 0.6 is 11.3 Å². The lowest BCUT2D eigenvalue weighted by Crippen LogP contribution is -2.15. The van der Waals surface area contributed by atoms with Gasteiger partial charge in [-0.05, 0) is 31.2 Å². The van der Waals surface area contributed by atoms with Gasteiger partial charge >= 0.3 is 0 Å². The summed E-state index contributed by atoms with van der Waals surface area (Å²) >= 11 is 1.26. The number of benzene rings is 2. The zero-order valence-electron chi connectivity index (χ0n) is 16.3. The van der Waals surface area contributed by atoms with E-state index in [1.807, 2.05) is 31.2 Å². The van der Waals surface area contributed by atoms with Crippen LogP contribution in [0.5, 0.6) is 11.5 Å². The lowest BCUT2D eigenvalue weighted by atomic mass is 10.2. The summed E-state index contributed by atoms with van der Waals surface area (Å²) in [6.07, 6.45) is 0.118. The Morgan fingerprint density at radius 2 is 1.66 bits per heavy atom. The Balaban J connectivity index is 1.62. The fraction of sp³-hybridized carbons (Fsp3) is 0.190. The summed E-state index contributed by atoms with van der Waals surface area (Å²) in [6.45, 7) is 1.98. The molecule has 0 atom stereocenters. The van der Waals surface area contributed by atoms with Gasteiger partial charge in [0.1, 0.15) is 11.5 Å². The van der Waals surface area contributed by atoms with E-state index >= 15 is 0 Å². The van der Waals surface area contributed by atoms with Crippen molar-refractivity contribution in [3.63, 3.8) is 0 Å². The Kier molecular flexibility index (Phi) is 6.46. The van der Waals surface area contributed by atoms with Crippen LogP contribution in [-0.2, 0) is 11.2 Å². The fourth-order valence-electron chi connectivity index (χ4n) is 2.56. The maximum absolute atomic E-state index is 12.5. The second-order valence-electron chi connectivity index (χ2n) is 6.29. The number of carbonyl (C=O) groups excluding carboxylic acids is 2. The molecule has 3 rings (SSSR count). The molecule has 7 nitrogen and oxygen atoms in total. The van der Waals surface area contributed by atoms with Gasteiger partial charge in [-0.3, -0.25) is 14.9 Å². The molecule has 1 aromatic heterocycles. The van der Waals surface area contributed by atoms with E-state index in [2.05, 4.69) is 15.6 Å². The third-order valence-electron chi connectivity index (χ3n) is 4.06. The van der Waals surface area contributed by atoms with Crippen LogP contribution < -0.4 is 20.1 Å². The number of nitrogens with one attached hydrogen (secondary N) is 2. The van der Waals surface area contributed by atoms with E-state index in [4.69, 9.17) is 9.47 Å². The Morgan fingerprint density at radius 3 is 2.28 bits per heavy atom. The van der Waals surface area contributed by atoms with E-state index < -0.39 is 0 Å². The number of methoxy groups -OCH3 is 2. The minimum Gasteiger partial charge on any atom is -0.497 e. The van der Waals surface area contributed by atoms with Gasteiger partial charge in [0.25, 0.3) is 5.91 Å². The van der Waals surface area contributed by atoms with Gasteiger partial charge in [0.2, 0.25) is 5.91 Å². The molecule has 2 amide bonds. The first kappa shape index (κ1) is 20.3. The first-order valence-electron chi connectivity index (χ1n) is 8.82. The highest BCUT2D eigenvalue weighted by Crippen LogP contribution is 2.24. The van der Waals surface area contributed by atoms with Crippen LogP contribution in [0.1, 0.15) is 21.6 Å². The molecule has 8 heteroatoms. The minimum absolute atomic E-state index is 0.118. The second kappa shape index (κ2) is 9.20. The Morgan fingerprint density at radius 1 is 1.00 bits per heavy atom. The number of thiazole rings is 1. The molecule has 0 aliphatic rings. The maximum Gasteiger partial charge on any atom is 0.257 e. The van der Waals surface area contributed by atoms with Crippen molar-refractivity contribution < 1.29 is 19.1 Å². The van der Waals surface area contributed by atoms with E-state index in [9.17, 15) is 9.59 Å². The average molecular weight is 411 g/mol. The van der Waals surface area contributed by atoms with Crippen molar-refractivity contribution in [2.75, 3.05) is 24.9 Å². The molecule has 0 saturated carbocycles. The molecular weight excluding hydrogens is 390 g/mol. The summed E-state index contributed by atoms with van der Waals surface area (Å²) in [5.74, 6) is 0.519. The lowest BCUT2D eigenvalue weighted by molar-refractivity contribution is -0.115. The van der Waals surface area contributed by atoms with E-state index in [1.54, 1.807) is 23.6 Å². The van der Waals surface area contributed by atoms with Gasteiger partial charge in [0, 0.05) is 22.7 Å². The monoisotopic (exact) mass is 411 g/mol. The first-order valence-corrected chi connectivity index (χ1v) is 9.70. The number of anilines is 2. The van der Waals surface area contributed by atoms with Crippen LogP contribution in [0.15, 0.2) is 47.8 Å². The number of ether oxygens (including phenoxy) is 2. The van der Waals surface area contributed by atoms with Crippen molar-refractivity contribution in [1.29, 1.82) is 0 Å². The molecule has 0 bridgehead atoms. The molecule has 0 spiro atoms. The van der Waals surface area contributed by atoms with Gasteiger partial charge in [-0.1, -0.05) is 17.7 Å². The molecule has 0 aliphatic carbocycles. The van der Waals surface area contributed by atoms with Gasteiger partial charge in [-0.2, -0.15) is 0 Å². The molecule has 3 aromatic rings. The Hall–Kier alpha value is -3.39. The number of aromatic nitrogens is 1. The van der Waals surface area contributed by atoms with Crippen LogP contribution in [0.2, 0.25) is 0 Å².